The number of nitrogens with zero attached hydrogens (tertiary/aromatic N) is 3. The molecule has 45 heavy (non-hydrogen) atoms. The van der Waals surface area contributed by atoms with Gasteiger partial charge in [0.25, 0.3) is 5.92 Å². The van der Waals surface area contributed by atoms with Gasteiger partial charge in [0.15, 0.2) is 15.5 Å². The maximum atomic E-state index is 15.0. The van der Waals surface area contributed by atoms with Gasteiger partial charge in [-0.25, -0.2) is 22.2 Å². The van der Waals surface area contributed by atoms with Crippen LogP contribution in [-0.2, 0) is 39.7 Å². The minimum atomic E-state index is -5.02. The summed E-state index contributed by atoms with van der Waals surface area (Å²) in [6.45, 7) is 1.76. The number of amides is 1. The molecule has 5 rings (SSSR count). The molecule has 1 N–H and O–H groups in total. The molecule has 240 valence electrons. The Kier molecular flexibility index (Phi) is 8.13. The van der Waals surface area contributed by atoms with Crippen molar-refractivity contribution in [2.45, 2.75) is 62.0 Å². The van der Waals surface area contributed by atoms with Crippen molar-refractivity contribution in [1.82, 2.24) is 20.1 Å². The Balaban J connectivity index is 1.51. The second-order valence-electron chi connectivity index (χ2n) is 11.5. The minimum absolute atomic E-state index is 0.0604. The Morgan fingerprint density at radius 2 is 1.82 bits per heavy atom. The highest BCUT2D eigenvalue weighted by Gasteiger charge is 2.68. The molecule has 1 aromatic carbocycles. The number of nitrogens with one attached hydrogen (secondary N) is 1. The summed E-state index contributed by atoms with van der Waals surface area (Å²) in [5.41, 5.74) is -2.84. The maximum absolute atomic E-state index is 15.0. The Hall–Kier alpha value is -3.45. The largest absolute Gasteiger partial charge is 0.435 e. The van der Waals surface area contributed by atoms with Crippen molar-refractivity contribution >= 4 is 31.7 Å². The molecule has 2 aromatic heterocycles. The van der Waals surface area contributed by atoms with Crippen molar-refractivity contribution in [3.63, 3.8) is 0 Å². The Labute approximate surface area is 261 Å². The molecule has 0 aliphatic heterocycles. The first-order valence-electron chi connectivity index (χ1n) is 13.4. The van der Waals surface area contributed by atoms with Crippen molar-refractivity contribution < 1.29 is 43.9 Å². The van der Waals surface area contributed by atoms with Crippen LogP contribution in [0, 0.1) is 29.4 Å². The van der Waals surface area contributed by atoms with Crippen molar-refractivity contribution in [2.75, 3.05) is 6.26 Å². The molecular formula is C29H24BrF7N4O3S. The quantitative estimate of drug-likeness (QED) is 0.245. The summed E-state index contributed by atoms with van der Waals surface area (Å²) in [7, 11) is -3.59. The van der Waals surface area contributed by atoms with Gasteiger partial charge in [-0.15, -0.1) is 0 Å². The number of carbonyl (C=O) groups excluding carboxylic acids is 1. The number of alkyl halides is 5. The molecule has 16 heteroatoms. The molecule has 3 atom stereocenters. The van der Waals surface area contributed by atoms with Crippen LogP contribution in [0.5, 0.6) is 0 Å². The average Bonchev–Trinajstić information content (AvgIpc) is 3.54. The lowest BCUT2D eigenvalue weighted by atomic mass is 10.0. The van der Waals surface area contributed by atoms with Gasteiger partial charge in [0, 0.05) is 28.3 Å². The standard InChI is InChI=1S/C29H24BrF7N4O3S/c1-27(2,45(3,43)44)7-6-17-4-5-20(30)24(38-17)21(10-14-8-15(31)11-16(32)9-14)39-22(42)13-41-26-23(25(40-41)29(35,36)37)18-12-19(18)28(26,33)34/h4-5,8-9,11,18-19,21H,10,12-13H2,1-3H3,(H,39,42)/t18-,19+,21-/m1/s1. The van der Waals surface area contributed by atoms with Gasteiger partial charge < -0.3 is 5.32 Å². The molecular weight excluding hydrogens is 697 g/mol. The lowest BCUT2D eigenvalue weighted by Crippen LogP contribution is -2.35. The van der Waals surface area contributed by atoms with Gasteiger partial charge in [-0.3, -0.25) is 9.48 Å². The van der Waals surface area contributed by atoms with Crippen LogP contribution < -0.4 is 5.32 Å². The fraction of sp³-hybridized carbons (Fsp3) is 0.414. The second-order valence-corrected chi connectivity index (χ2v) is 15.0. The Morgan fingerprint density at radius 3 is 2.42 bits per heavy atom. The molecule has 0 spiro atoms. The molecule has 0 bridgehead atoms. The highest BCUT2D eigenvalue weighted by molar-refractivity contribution is 9.10. The number of halogens is 8. The van der Waals surface area contributed by atoms with Crippen LogP contribution in [0.15, 0.2) is 34.8 Å². The van der Waals surface area contributed by atoms with Crippen LogP contribution in [0.3, 0.4) is 0 Å². The first-order valence-corrected chi connectivity index (χ1v) is 16.1. The minimum Gasteiger partial charge on any atom is -0.346 e. The highest BCUT2D eigenvalue weighted by atomic mass is 79.9. The van der Waals surface area contributed by atoms with E-state index >= 15 is 8.78 Å². The first-order chi connectivity index (χ1) is 20.7. The zero-order chi connectivity index (χ0) is 33.3. The molecule has 0 saturated heterocycles. The van der Waals surface area contributed by atoms with E-state index in [1.54, 1.807) is 0 Å². The number of fused-ring (bicyclic) bond motifs is 3. The molecule has 1 fully saturated rings. The van der Waals surface area contributed by atoms with Gasteiger partial charge in [0.2, 0.25) is 5.91 Å². The Bertz CT molecular complexity index is 1860. The van der Waals surface area contributed by atoms with Gasteiger partial charge in [0.1, 0.15) is 34.3 Å². The summed E-state index contributed by atoms with van der Waals surface area (Å²) in [6, 6.07) is 4.34. The van der Waals surface area contributed by atoms with Gasteiger partial charge >= 0.3 is 6.18 Å². The third kappa shape index (κ3) is 6.46. The lowest BCUT2D eigenvalue weighted by molar-refractivity contribution is -0.142. The number of carbonyl (C=O) groups is 1. The van der Waals surface area contributed by atoms with Crippen molar-refractivity contribution in [2.24, 2.45) is 5.92 Å². The van der Waals surface area contributed by atoms with Gasteiger partial charge in [-0.1, -0.05) is 5.92 Å². The molecule has 1 saturated carbocycles. The van der Waals surface area contributed by atoms with Crippen LogP contribution in [0.25, 0.3) is 0 Å². The van der Waals surface area contributed by atoms with E-state index in [0.717, 1.165) is 18.4 Å². The van der Waals surface area contributed by atoms with Gasteiger partial charge in [-0.2, -0.15) is 27.1 Å². The fourth-order valence-electron chi connectivity index (χ4n) is 5.23. The maximum Gasteiger partial charge on any atom is 0.435 e. The van der Waals surface area contributed by atoms with Crippen LogP contribution in [0.2, 0.25) is 0 Å². The number of benzene rings is 1. The zero-order valence-electron chi connectivity index (χ0n) is 23.7. The molecule has 0 radical (unpaired) electrons. The molecule has 2 aliphatic carbocycles. The van der Waals surface area contributed by atoms with E-state index in [4.69, 9.17) is 0 Å². The van der Waals surface area contributed by atoms with Crippen LogP contribution in [-0.4, -0.2) is 40.1 Å². The molecule has 1 amide bonds. The van der Waals surface area contributed by atoms with Crippen molar-refractivity contribution in [1.29, 1.82) is 0 Å². The predicted octanol–water partition coefficient (Wildman–Crippen LogP) is 5.82. The van der Waals surface area contributed by atoms with Gasteiger partial charge in [-0.05, 0) is 84.3 Å². The van der Waals surface area contributed by atoms with E-state index in [2.05, 4.69) is 43.2 Å². The predicted molar refractivity (Wildman–Crippen MR) is 151 cm³/mol. The lowest BCUT2D eigenvalue weighted by Gasteiger charge is -2.21. The summed E-state index contributed by atoms with van der Waals surface area (Å²) in [4.78, 5) is 17.6. The van der Waals surface area contributed by atoms with Crippen molar-refractivity contribution in [3.8, 4) is 11.8 Å². The van der Waals surface area contributed by atoms with E-state index in [-0.39, 0.29) is 34.3 Å². The normalized spacial score (nSPS) is 19.3. The smallest absolute Gasteiger partial charge is 0.346 e. The number of rotatable bonds is 7. The molecule has 7 nitrogen and oxygen atoms in total. The molecule has 0 unspecified atom stereocenters. The molecule has 2 heterocycles. The highest BCUT2D eigenvalue weighted by Crippen LogP contribution is 2.68. The van der Waals surface area contributed by atoms with Crippen molar-refractivity contribution in [3.05, 3.63) is 80.3 Å². The third-order valence-corrected chi connectivity index (χ3v) is 10.4. The number of hydrogen-bond acceptors (Lipinski definition) is 5. The van der Waals surface area contributed by atoms with Crippen LogP contribution in [0.1, 0.15) is 66.1 Å². The van der Waals surface area contributed by atoms with Crippen LogP contribution in [0.4, 0.5) is 30.7 Å². The van der Waals surface area contributed by atoms with Gasteiger partial charge in [0.05, 0.1) is 11.7 Å². The SMILES string of the molecule is CC(C)(C#Cc1ccc(Br)c([C@@H](Cc2cc(F)cc(F)c2)NC(=O)Cn2nc(C(F)(F)F)c3c2C(F)(F)[C@H]2C[C@@H]32)n1)S(C)(=O)=O. The molecule has 3 aromatic rings. The van der Waals surface area contributed by atoms with E-state index in [0.29, 0.717) is 10.7 Å². The average molecular weight is 721 g/mol. The summed E-state index contributed by atoms with van der Waals surface area (Å²) in [5, 5.41) is 5.88. The monoisotopic (exact) mass is 720 g/mol. The molecule has 2 aliphatic rings. The summed E-state index contributed by atoms with van der Waals surface area (Å²) >= 11 is 3.30. The first kappa shape index (κ1) is 32.9. The third-order valence-electron chi connectivity index (χ3n) is 7.81. The summed E-state index contributed by atoms with van der Waals surface area (Å²) in [6.07, 6.45) is -4.42. The van der Waals surface area contributed by atoms with E-state index in [1.165, 1.54) is 26.0 Å². The fourth-order valence-corrected chi connectivity index (χ4v) is 5.96. The summed E-state index contributed by atoms with van der Waals surface area (Å²) in [5.74, 6) is -3.52. The van der Waals surface area contributed by atoms with E-state index in [9.17, 15) is 35.2 Å². The topological polar surface area (TPSA) is 93.9 Å². The number of sulfone groups is 1. The number of aromatic nitrogens is 3. The second kappa shape index (κ2) is 11.1. The number of pyridine rings is 1. The summed E-state index contributed by atoms with van der Waals surface area (Å²) < 4.78 is 123. The zero-order valence-corrected chi connectivity index (χ0v) is 26.1. The van der Waals surface area contributed by atoms with E-state index < -0.39 is 85.6 Å². The van der Waals surface area contributed by atoms with Crippen LogP contribution >= 0.6 is 15.9 Å². The Morgan fingerprint density at radius 1 is 1.18 bits per heavy atom. The number of hydrogen-bond donors (Lipinski definition) is 1. The van der Waals surface area contributed by atoms with E-state index in [1.807, 2.05) is 0 Å².